The quantitative estimate of drug-likeness (QED) is 0.403. The summed E-state index contributed by atoms with van der Waals surface area (Å²) in [4.78, 5) is 21.6. The summed E-state index contributed by atoms with van der Waals surface area (Å²) >= 11 is 1.46. The fraction of sp³-hybridized carbons (Fsp3) is 0.222. The van der Waals surface area contributed by atoms with Crippen molar-refractivity contribution >= 4 is 50.9 Å². The van der Waals surface area contributed by atoms with Crippen LogP contribution in [0.1, 0.15) is 22.4 Å². The number of halogens is 1. The van der Waals surface area contributed by atoms with E-state index in [-0.39, 0.29) is 17.3 Å². The molecule has 0 saturated carbocycles. The van der Waals surface area contributed by atoms with E-state index >= 15 is 0 Å². The zero-order valence-electron chi connectivity index (χ0n) is 14.1. The van der Waals surface area contributed by atoms with Crippen LogP contribution in [-0.2, 0) is 17.6 Å². The van der Waals surface area contributed by atoms with Gasteiger partial charge < -0.3 is 21.6 Å². The first-order chi connectivity index (χ1) is 13.0. The minimum Gasteiger partial charge on any atom is -0.481 e. The van der Waals surface area contributed by atoms with E-state index in [0.29, 0.717) is 30.6 Å². The molecule has 0 aliphatic heterocycles. The second kappa shape index (κ2) is 6.58. The molecule has 0 amide bonds. The van der Waals surface area contributed by atoms with Gasteiger partial charge in [-0.2, -0.15) is 0 Å². The first-order valence-corrected chi connectivity index (χ1v) is 9.14. The average Bonchev–Trinajstić information content (AvgIpc) is 3.02. The molecular formula is C18H16FN5O2S. The monoisotopic (exact) mass is 385 g/mol. The van der Waals surface area contributed by atoms with Crippen LogP contribution >= 0.6 is 11.3 Å². The lowest BCUT2D eigenvalue weighted by atomic mass is 9.88. The Bertz CT molecular complexity index is 1080. The van der Waals surface area contributed by atoms with Crippen LogP contribution in [0.2, 0.25) is 0 Å². The fourth-order valence-electron chi connectivity index (χ4n) is 3.37. The number of nitrogens with one attached hydrogen (secondary N) is 2. The number of rotatable bonds is 4. The summed E-state index contributed by atoms with van der Waals surface area (Å²) in [6, 6.07) is 2.63. The van der Waals surface area contributed by atoms with E-state index in [0.717, 1.165) is 26.9 Å². The third-order valence-electron chi connectivity index (χ3n) is 4.78. The van der Waals surface area contributed by atoms with Crippen LogP contribution < -0.4 is 11.1 Å². The van der Waals surface area contributed by atoms with Crippen molar-refractivity contribution in [3.05, 3.63) is 40.3 Å². The number of hydrogen-bond acceptors (Lipinski definition) is 7. The van der Waals surface area contributed by atoms with Gasteiger partial charge in [-0.15, -0.1) is 11.3 Å². The number of carboxylic acids is 1. The summed E-state index contributed by atoms with van der Waals surface area (Å²) in [5.74, 6) is -1.25. The maximum absolute atomic E-state index is 14.3. The average molecular weight is 385 g/mol. The highest BCUT2D eigenvalue weighted by atomic mass is 32.1. The Morgan fingerprint density at radius 1 is 1.44 bits per heavy atom. The summed E-state index contributed by atoms with van der Waals surface area (Å²) in [6.45, 7) is 0. The standard InChI is InChI=1S/C18H16FN5O2S/c19-11-5-12(21)9(6-20)3-13(11)24-16-15-10-2-1-8(18(25)26)4-14(10)27-17(15)23-7-22-16/h3,5-8,20H,1-2,4,21H2,(H,25,26)(H,22,23,24)/t8-/m0/s1. The van der Waals surface area contributed by atoms with Gasteiger partial charge >= 0.3 is 5.97 Å². The first-order valence-electron chi connectivity index (χ1n) is 8.32. The minimum absolute atomic E-state index is 0.168. The highest BCUT2D eigenvalue weighted by Crippen LogP contribution is 2.40. The number of benzene rings is 1. The Labute approximate surface area is 157 Å². The molecule has 0 fully saturated rings. The molecule has 5 N–H and O–H groups in total. The number of nitrogen functional groups attached to an aromatic ring is 1. The van der Waals surface area contributed by atoms with Crippen molar-refractivity contribution in [2.75, 3.05) is 11.1 Å². The molecule has 1 aliphatic carbocycles. The number of anilines is 3. The Balaban J connectivity index is 1.78. The molecule has 27 heavy (non-hydrogen) atoms. The summed E-state index contributed by atoms with van der Waals surface area (Å²) in [5.41, 5.74) is 7.49. The van der Waals surface area contributed by atoms with E-state index in [4.69, 9.17) is 11.1 Å². The number of nitrogens with zero attached hydrogens (tertiary/aromatic N) is 2. The SMILES string of the molecule is N=Cc1cc(Nc2ncnc3sc4c(c23)CC[C@H](C(=O)O)C4)c(F)cc1N. The Morgan fingerprint density at radius 3 is 3.00 bits per heavy atom. The predicted molar refractivity (Wildman–Crippen MR) is 103 cm³/mol. The normalized spacial score (nSPS) is 16.1. The van der Waals surface area contributed by atoms with Gasteiger partial charge in [-0.05, 0) is 37.0 Å². The molecule has 2 heterocycles. The van der Waals surface area contributed by atoms with Crippen LogP contribution in [0.15, 0.2) is 18.5 Å². The zero-order valence-corrected chi connectivity index (χ0v) is 14.9. The van der Waals surface area contributed by atoms with Crippen molar-refractivity contribution in [2.45, 2.75) is 19.3 Å². The Morgan fingerprint density at radius 2 is 2.26 bits per heavy atom. The summed E-state index contributed by atoms with van der Waals surface area (Å²) in [7, 11) is 0. The lowest BCUT2D eigenvalue weighted by molar-refractivity contribution is -0.142. The third kappa shape index (κ3) is 2.99. The number of aliphatic carboxylic acids is 1. The highest BCUT2D eigenvalue weighted by Gasteiger charge is 2.29. The lowest BCUT2D eigenvalue weighted by Gasteiger charge is -2.18. The predicted octanol–water partition coefficient (Wildman–Crippen LogP) is 3.34. The number of nitrogens with two attached hydrogens (primary N) is 1. The smallest absolute Gasteiger partial charge is 0.306 e. The van der Waals surface area contributed by atoms with E-state index in [1.165, 1.54) is 29.8 Å². The van der Waals surface area contributed by atoms with Crippen molar-refractivity contribution in [2.24, 2.45) is 5.92 Å². The van der Waals surface area contributed by atoms with Gasteiger partial charge in [0.25, 0.3) is 0 Å². The van der Waals surface area contributed by atoms with Gasteiger partial charge in [0.15, 0.2) is 0 Å². The molecule has 4 rings (SSSR count). The molecule has 2 aromatic heterocycles. The number of aromatic nitrogens is 2. The summed E-state index contributed by atoms with van der Waals surface area (Å²) in [6.07, 6.45) is 4.10. The molecule has 0 unspecified atom stereocenters. The van der Waals surface area contributed by atoms with Gasteiger partial charge in [0, 0.05) is 22.3 Å². The lowest BCUT2D eigenvalue weighted by Crippen LogP contribution is -2.21. The van der Waals surface area contributed by atoms with Gasteiger partial charge in [-0.1, -0.05) is 0 Å². The molecule has 0 saturated heterocycles. The topological polar surface area (TPSA) is 125 Å². The summed E-state index contributed by atoms with van der Waals surface area (Å²) < 4.78 is 14.3. The van der Waals surface area contributed by atoms with Crippen LogP contribution in [0.25, 0.3) is 10.2 Å². The first kappa shape index (κ1) is 17.3. The van der Waals surface area contributed by atoms with E-state index in [2.05, 4.69) is 15.3 Å². The van der Waals surface area contributed by atoms with Crippen molar-refractivity contribution < 1.29 is 14.3 Å². The molecule has 138 valence electrons. The maximum atomic E-state index is 14.3. The molecule has 1 aromatic carbocycles. The number of fused-ring (bicyclic) bond motifs is 3. The Kier molecular flexibility index (Phi) is 4.23. The van der Waals surface area contributed by atoms with Crippen molar-refractivity contribution in [1.29, 1.82) is 5.41 Å². The van der Waals surface area contributed by atoms with E-state index in [1.807, 2.05) is 0 Å². The van der Waals surface area contributed by atoms with Crippen molar-refractivity contribution in [3.8, 4) is 0 Å². The largest absolute Gasteiger partial charge is 0.481 e. The second-order valence-corrected chi connectivity index (χ2v) is 7.50. The van der Waals surface area contributed by atoms with Crippen LogP contribution in [0.4, 0.5) is 21.6 Å². The van der Waals surface area contributed by atoms with Crippen LogP contribution in [0, 0.1) is 17.1 Å². The second-order valence-electron chi connectivity index (χ2n) is 6.41. The van der Waals surface area contributed by atoms with Crippen molar-refractivity contribution in [3.63, 3.8) is 0 Å². The molecule has 3 aromatic rings. The molecule has 9 heteroatoms. The molecule has 0 spiro atoms. The molecule has 0 radical (unpaired) electrons. The van der Waals surface area contributed by atoms with Gasteiger partial charge in [0.2, 0.25) is 0 Å². The molecule has 7 nitrogen and oxygen atoms in total. The van der Waals surface area contributed by atoms with Crippen molar-refractivity contribution in [1.82, 2.24) is 9.97 Å². The van der Waals surface area contributed by atoms with Crippen LogP contribution in [0.3, 0.4) is 0 Å². The van der Waals surface area contributed by atoms with Gasteiger partial charge in [0.05, 0.1) is 17.0 Å². The van der Waals surface area contributed by atoms with Gasteiger partial charge in [-0.3, -0.25) is 4.79 Å². The number of carboxylic acid groups (broad SMARTS) is 1. The number of thiophene rings is 1. The highest BCUT2D eigenvalue weighted by molar-refractivity contribution is 7.19. The van der Waals surface area contributed by atoms with Crippen LogP contribution in [0.5, 0.6) is 0 Å². The number of hydrogen-bond donors (Lipinski definition) is 4. The van der Waals surface area contributed by atoms with E-state index in [9.17, 15) is 14.3 Å². The van der Waals surface area contributed by atoms with Crippen LogP contribution in [-0.4, -0.2) is 27.3 Å². The van der Waals surface area contributed by atoms with Gasteiger partial charge in [0.1, 0.15) is 22.8 Å². The fourth-order valence-corrected chi connectivity index (χ4v) is 4.64. The summed E-state index contributed by atoms with van der Waals surface area (Å²) in [5, 5.41) is 20.5. The molecular weight excluding hydrogens is 369 g/mol. The molecule has 0 bridgehead atoms. The number of aryl methyl sites for hydroxylation is 1. The van der Waals surface area contributed by atoms with E-state index in [1.54, 1.807) is 0 Å². The third-order valence-corrected chi connectivity index (χ3v) is 5.94. The molecule has 1 atom stereocenters. The molecule has 1 aliphatic rings. The minimum atomic E-state index is -0.786. The van der Waals surface area contributed by atoms with E-state index < -0.39 is 11.8 Å². The zero-order chi connectivity index (χ0) is 19.1. The maximum Gasteiger partial charge on any atom is 0.306 e. The van der Waals surface area contributed by atoms with Gasteiger partial charge in [-0.25, -0.2) is 14.4 Å². The number of carbonyl (C=O) groups is 1. The Hall–Kier alpha value is -3.07.